The van der Waals surface area contributed by atoms with Gasteiger partial charge in [-0.2, -0.15) is 0 Å². The van der Waals surface area contributed by atoms with E-state index in [0.29, 0.717) is 0 Å². The van der Waals surface area contributed by atoms with E-state index in [1.165, 1.54) is 0 Å². The second kappa shape index (κ2) is 4.39. The van der Waals surface area contributed by atoms with Gasteiger partial charge in [0.2, 0.25) is 0 Å². The molecule has 1 unspecified atom stereocenters. The molecule has 0 amide bonds. The summed E-state index contributed by atoms with van der Waals surface area (Å²) in [4.78, 5) is 6.33. The molecule has 1 aliphatic heterocycles. The average molecular weight is 192 g/mol. The summed E-state index contributed by atoms with van der Waals surface area (Å²) in [5.41, 5.74) is 0. The molecule has 0 aliphatic carbocycles. The van der Waals surface area contributed by atoms with E-state index in [-0.39, 0.29) is 12.6 Å². The minimum Gasteiger partial charge on any atom is -0.394 e. The predicted molar refractivity (Wildman–Crippen MR) is 54.2 cm³/mol. The van der Waals surface area contributed by atoms with E-state index < -0.39 is 0 Å². The molecule has 1 atom stereocenters. The van der Waals surface area contributed by atoms with Gasteiger partial charge >= 0.3 is 0 Å². The van der Waals surface area contributed by atoms with E-state index in [1.807, 2.05) is 12.1 Å². The number of hydrogen-bond donors (Lipinski definition) is 2. The molecule has 0 bridgehead atoms. The van der Waals surface area contributed by atoms with Crippen molar-refractivity contribution in [2.45, 2.75) is 6.04 Å². The largest absolute Gasteiger partial charge is 0.394 e. The van der Waals surface area contributed by atoms with E-state index in [1.54, 1.807) is 6.20 Å². The van der Waals surface area contributed by atoms with Crippen LogP contribution in [0.4, 0.5) is 5.82 Å². The number of nitrogens with one attached hydrogen (secondary N) is 1. The van der Waals surface area contributed by atoms with Gasteiger partial charge in [-0.25, -0.2) is 4.98 Å². The smallest absolute Gasteiger partial charge is 0.136 e. The number of nitrogens with zero attached hydrogens (tertiary/aromatic N) is 2. The van der Waals surface area contributed by atoms with Crippen LogP contribution in [-0.4, -0.2) is 42.4 Å². The van der Waals surface area contributed by atoms with Crippen LogP contribution in [0.3, 0.4) is 0 Å². The molecule has 0 saturated carbocycles. The first-order chi connectivity index (χ1) is 6.92. The molecule has 1 aliphatic rings. The molecule has 75 valence electrons. The minimum absolute atomic E-state index is 0.120. The number of aromatic nitrogens is 1. The molecule has 4 heteroatoms. The third-order valence-corrected chi connectivity index (χ3v) is 2.42. The fourth-order valence-electron chi connectivity index (χ4n) is 1.68. The van der Waals surface area contributed by atoms with Crippen LogP contribution >= 0.6 is 0 Å². The second-order valence-corrected chi connectivity index (χ2v) is 3.34. The number of hydrogen-bond acceptors (Lipinski definition) is 4. The fraction of sp³-hybridized carbons (Fsp3) is 0.500. The number of rotatable bonds is 2. The Morgan fingerprint density at radius 2 is 2.64 bits per heavy atom. The van der Waals surface area contributed by atoms with Crippen LogP contribution in [0, 0.1) is 6.07 Å². The Hall–Kier alpha value is -1.13. The van der Waals surface area contributed by atoms with E-state index in [9.17, 15) is 5.11 Å². The van der Waals surface area contributed by atoms with Crippen LogP contribution in [0.5, 0.6) is 0 Å². The van der Waals surface area contributed by atoms with Crippen molar-refractivity contribution < 1.29 is 5.11 Å². The van der Waals surface area contributed by atoms with E-state index in [0.717, 1.165) is 25.5 Å². The molecular formula is C10H14N3O. The van der Waals surface area contributed by atoms with Gasteiger partial charge in [0, 0.05) is 31.9 Å². The average Bonchev–Trinajstić information content (AvgIpc) is 2.30. The van der Waals surface area contributed by atoms with Crippen molar-refractivity contribution >= 4 is 5.82 Å². The number of aliphatic hydroxyl groups is 1. The molecule has 14 heavy (non-hydrogen) atoms. The number of anilines is 1. The SMILES string of the molecule is OCC1CNCCN1c1[c]cccn1. The number of piperazine rings is 1. The summed E-state index contributed by atoms with van der Waals surface area (Å²) >= 11 is 0. The normalized spacial score (nSPS) is 22.4. The highest BCUT2D eigenvalue weighted by molar-refractivity contribution is 5.38. The Bertz CT molecular complexity index is 278. The Kier molecular flexibility index (Phi) is 2.96. The molecule has 1 fully saturated rings. The molecule has 1 aromatic rings. The maximum Gasteiger partial charge on any atom is 0.136 e. The molecule has 2 heterocycles. The number of aliphatic hydroxyl groups excluding tert-OH is 1. The lowest BCUT2D eigenvalue weighted by Gasteiger charge is -2.35. The van der Waals surface area contributed by atoms with Gasteiger partial charge in [-0.3, -0.25) is 0 Å². The van der Waals surface area contributed by atoms with E-state index >= 15 is 0 Å². The first-order valence-corrected chi connectivity index (χ1v) is 4.83. The molecule has 2 rings (SSSR count). The van der Waals surface area contributed by atoms with Gasteiger partial charge in [0.1, 0.15) is 5.82 Å². The van der Waals surface area contributed by atoms with E-state index in [4.69, 9.17) is 0 Å². The molecule has 4 nitrogen and oxygen atoms in total. The topological polar surface area (TPSA) is 48.4 Å². The molecule has 2 N–H and O–H groups in total. The highest BCUT2D eigenvalue weighted by atomic mass is 16.3. The third-order valence-electron chi connectivity index (χ3n) is 2.42. The Morgan fingerprint density at radius 1 is 1.71 bits per heavy atom. The summed E-state index contributed by atoms with van der Waals surface area (Å²) in [6.07, 6.45) is 1.75. The maximum atomic E-state index is 9.20. The van der Waals surface area contributed by atoms with Crippen LogP contribution in [0.1, 0.15) is 0 Å². The lowest BCUT2D eigenvalue weighted by molar-refractivity contribution is 0.246. The Labute approximate surface area is 83.6 Å². The van der Waals surface area contributed by atoms with Crippen molar-refractivity contribution in [1.82, 2.24) is 10.3 Å². The second-order valence-electron chi connectivity index (χ2n) is 3.34. The van der Waals surface area contributed by atoms with Crippen LogP contribution in [-0.2, 0) is 0 Å². The van der Waals surface area contributed by atoms with Crippen molar-refractivity contribution in [2.24, 2.45) is 0 Å². The summed E-state index contributed by atoms with van der Waals surface area (Å²) < 4.78 is 0. The molecule has 0 aromatic carbocycles. The summed E-state index contributed by atoms with van der Waals surface area (Å²) in [5, 5.41) is 12.4. The minimum atomic E-state index is 0.120. The predicted octanol–water partition coefficient (Wildman–Crippen LogP) is -0.348. The van der Waals surface area contributed by atoms with Gasteiger partial charge in [-0.1, -0.05) is 0 Å². The Morgan fingerprint density at radius 3 is 3.36 bits per heavy atom. The highest BCUT2D eigenvalue weighted by Crippen LogP contribution is 2.13. The van der Waals surface area contributed by atoms with Crippen molar-refractivity contribution in [3.63, 3.8) is 0 Å². The zero-order valence-electron chi connectivity index (χ0n) is 7.98. The van der Waals surface area contributed by atoms with Gasteiger partial charge in [0.15, 0.2) is 0 Å². The van der Waals surface area contributed by atoms with Gasteiger partial charge < -0.3 is 15.3 Å². The zero-order valence-corrected chi connectivity index (χ0v) is 7.98. The maximum absolute atomic E-state index is 9.20. The zero-order chi connectivity index (χ0) is 9.80. The van der Waals surface area contributed by atoms with Crippen LogP contribution in [0.2, 0.25) is 0 Å². The third kappa shape index (κ3) is 1.86. The first-order valence-electron chi connectivity index (χ1n) is 4.83. The van der Waals surface area contributed by atoms with Crippen molar-refractivity contribution in [3.8, 4) is 0 Å². The lowest BCUT2D eigenvalue weighted by Crippen LogP contribution is -2.53. The molecule has 0 spiro atoms. The molecular weight excluding hydrogens is 178 g/mol. The van der Waals surface area contributed by atoms with Gasteiger partial charge in [0.25, 0.3) is 0 Å². The Balaban J connectivity index is 2.15. The molecule has 1 radical (unpaired) electrons. The van der Waals surface area contributed by atoms with Crippen LogP contribution < -0.4 is 10.2 Å². The molecule has 1 aromatic heterocycles. The quantitative estimate of drug-likeness (QED) is 0.672. The highest BCUT2D eigenvalue weighted by Gasteiger charge is 2.22. The number of pyridine rings is 1. The lowest BCUT2D eigenvalue weighted by atomic mass is 10.2. The summed E-state index contributed by atoms with van der Waals surface area (Å²) in [7, 11) is 0. The monoisotopic (exact) mass is 192 g/mol. The van der Waals surface area contributed by atoms with Crippen LogP contribution in [0.25, 0.3) is 0 Å². The van der Waals surface area contributed by atoms with Crippen molar-refractivity contribution in [3.05, 3.63) is 24.4 Å². The van der Waals surface area contributed by atoms with Gasteiger partial charge in [-0.15, -0.1) is 0 Å². The van der Waals surface area contributed by atoms with Gasteiger partial charge in [0.05, 0.1) is 12.6 Å². The van der Waals surface area contributed by atoms with E-state index in [2.05, 4.69) is 21.3 Å². The first kappa shape index (κ1) is 9.43. The van der Waals surface area contributed by atoms with Crippen molar-refractivity contribution in [2.75, 3.05) is 31.1 Å². The standard InChI is InChI=1S/C10H14N3O/c14-8-9-7-11-5-6-13(9)10-3-1-2-4-12-10/h1-2,4,9,11,14H,5-8H2. The van der Waals surface area contributed by atoms with Gasteiger partial charge in [-0.05, 0) is 12.1 Å². The summed E-state index contributed by atoms with van der Waals surface area (Å²) in [5.74, 6) is 0.827. The van der Waals surface area contributed by atoms with Crippen LogP contribution in [0.15, 0.2) is 18.3 Å². The summed E-state index contributed by atoms with van der Waals surface area (Å²) in [6, 6.07) is 6.89. The van der Waals surface area contributed by atoms with Crippen molar-refractivity contribution in [1.29, 1.82) is 0 Å². The fourth-order valence-corrected chi connectivity index (χ4v) is 1.68. The molecule has 1 saturated heterocycles. The summed E-state index contributed by atoms with van der Waals surface area (Å²) in [6.45, 7) is 2.76.